The Hall–Kier alpha value is -2.40. The average molecular weight is 370 g/mol. The Morgan fingerprint density at radius 1 is 1.27 bits per heavy atom. The van der Waals surface area contributed by atoms with Crippen molar-refractivity contribution in [1.29, 1.82) is 0 Å². The lowest BCUT2D eigenvalue weighted by atomic mass is 10.0. The summed E-state index contributed by atoms with van der Waals surface area (Å²) in [6, 6.07) is 10.8. The molecule has 1 aliphatic carbocycles. The summed E-state index contributed by atoms with van der Waals surface area (Å²) in [4.78, 5) is 31.0. The second kappa shape index (κ2) is 6.72. The number of pyridine rings is 1. The fourth-order valence-electron chi connectivity index (χ4n) is 3.83. The van der Waals surface area contributed by atoms with Crippen molar-refractivity contribution in [3.8, 4) is 0 Å². The van der Waals surface area contributed by atoms with Gasteiger partial charge in [0.05, 0.1) is 0 Å². The monoisotopic (exact) mass is 369 g/mol. The number of nitrogens with one attached hydrogen (secondary N) is 1. The van der Waals surface area contributed by atoms with Crippen LogP contribution in [0.1, 0.15) is 28.8 Å². The van der Waals surface area contributed by atoms with E-state index in [1.165, 1.54) is 0 Å². The van der Waals surface area contributed by atoms with E-state index in [-0.39, 0.29) is 23.1 Å². The molecule has 1 aromatic carbocycles. The lowest BCUT2D eigenvalue weighted by molar-refractivity contribution is -0.123. The van der Waals surface area contributed by atoms with Gasteiger partial charge in [-0.15, -0.1) is 0 Å². The average Bonchev–Trinajstić information content (AvgIpc) is 3.20. The molecule has 1 saturated heterocycles. The summed E-state index contributed by atoms with van der Waals surface area (Å²) in [6.07, 6.45) is 5.21. The molecule has 134 valence electrons. The minimum Gasteiger partial charge on any atom is -0.352 e. The van der Waals surface area contributed by atoms with Crippen molar-refractivity contribution in [2.75, 3.05) is 13.1 Å². The van der Waals surface area contributed by atoms with Gasteiger partial charge in [-0.05, 0) is 48.7 Å². The highest BCUT2D eigenvalue weighted by molar-refractivity contribution is 6.30. The zero-order chi connectivity index (χ0) is 18.1. The van der Waals surface area contributed by atoms with Gasteiger partial charge >= 0.3 is 0 Å². The Morgan fingerprint density at radius 3 is 2.81 bits per heavy atom. The van der Waals surface area contributed by atoms with Crippen LogP contribution in [-0.4, -0.2) is 34.8 Å². The first-order valence-corrected chi connectivity index (χ1v) is 9.17. The quantitative estimate of drug-likeness (QED) is 0.901. The molecule has 26 heavy (non-hydrogen) atoms. The molecular formula is C20H20ClN3O2. The van der Waals surface area contributed by atoms with Crippen LogP contribution in [0.3, 0.4) is 0 Å². The lowest BCUT2D eigenvalue weighted by Gasteiger charge is -2.17. The van der Waals surface area contributed by atoms with E-state index in [0.717, 1.165) is 18.4 Å². The van der Waals surface area contributed by atoms with Crippen LogP contribution in [0.4, 0.5) is 0 Å². The van der Waals surface area contributed by atoms with Gasteiger partial charge in [0.25, 0.3) is 5.91 Å². The Kier molecular flexibility index (Phi) is 4.41. The van der Waals surface area contributed by atoms with Crippen molar-refractivity contribution < 1.29 is 9.59 Å². The van der Waals surface area contributed by atoms with E-state index < -0.39 is 0 Å². The van der Waals surface area contributed by atoms with Crippen LogP contribution in [0.25, 0.3) is 0 Å². The van der Waals surface area contributed by atoms with Crippen LogP contribution in [0.2, 0.25) is 5.02 Å². The Labute approximate surface area is 157 Å². The molecular weight excluding hydrogens is 350 g/mol. The topological polar surface area (TPSA) is 62.3 Å². The van der Waals surface area contributed by atoms with Crippen molar-refractivity contribution in [1.82, 2.24) is 15.2 Å². The first kappa shape index (κ1) is 17.0. The molecule has 1 spiro atoms. The van der Waals surface area contributed by atoms with Gasteiger partial charge in [-0.25, -0.2) is 0 Å². The normalized spacial score (nSPS) is 23.9. The maximum absolute atomic E-state index is 12.6. The van der Waals surface area contributed by atoms with E-state index in [1.807, 2.05) is 17.0 Å². The van der Waals surface area contributed by atoms with Gasteiger partial charge in [-0.3, -0.25) is 14.6 Å². The second-order valence-electron chi connectivity index (χ2n) is 7.18. The van der Waals surface area contributed by atoms with Crippen LogP contribution >= 0.6 is 11.6 Å². The van der Waals surface area contributed by atoms with E-state index in [9.17, 15) is 9.59 Å². The second-order valence-corrected chi connectivity index (χ2v) is 7.62. The standard InChI is InChI=1S/C20H20ClN3O2/c21-16-5-3-15(4-6-16)19(26)24-9-7-20(13-24)10-17(20)18(25)23-12-14-2-1-8-22-11-14/h1-6,8,11,17H,7,9-10,12-13H2,(H,23,25)/t17-,20-/m0/s1. The summed E-state index contributed by atoms with van der Waals surface area (Å²) in [7, 11) is 0. The molecule has 2 heterocycles. The summed E-state index contributed by atoms with van der Waals surface area (Å²) in [6.45, 7) is 1.85. The molecule has 2 fully saturated rings. The van der Waals surface area contributed by atoms with Crippen LogP contribution in [-0.2, 0) is 11.3 Å². The number of amides is 2. The SMILES string of the molecule is O=C(NCc1cccnc1)[C@@H]1C[C@]12CCN(C(=O)c1ccc(Cl)cc1)C2. The number of nitrogens with zero attached hydrogens (tertiary/aromatic N) is 2. The smallest absolute Gasteiger partial charge is 0.253 e. The molecule has 0 unspecified atom stereocenters. The highest BCUT2D eigenvalue weighted by atomic mass is 35.5. The van der Waals surface area contributed by atoms with Crippen LogP contribution in [0.5, 0.6) is 0 Å². The largest absolute Gasteiger partial charge is 0.352 e. The number of rotatable bonds is 4. The lowest BCUT2D eigenvalue weighted by Crippen LogP contribution is -2.31. The van der Waals surface area contributed by atoms with Gasteiger partial charge in [0.1, 0.15) is 0 Å². The molecule has 1 aromatic heterocycles. The third-order valence-corrected chi connectivity index (χ3v) is 5.71. The van der Waals surface area contributed by atoms with Gasteiger partial charge in [0.15, 0.2) is 0 Å². The van der Waals surface area contributed by atoms with Crippen molar-refractivity contribution >= 4 is 23.4 Å². The Morgan fingerprint density at radius 2 is 2.08 bits per heavy atom. The summed E-state index contributed by atoms with van der Waals surface area (Å²) in [5, 5.41) is 3.61. The molecule has 2 aliphatic rings. The number of carbonyl (C=O) groups excluding carboxylic acids is 2. The zero-order valence-electron chi connectivity index (χ0n) is 14.3. The van der Waals surface area contributed by atoms with Crippen LogP contribution in [0.15, 0.2) is 48.8 Å². The molecule has 2 amide bonds. The molecule has 5 nitrogen and oxygen atoms in total. The summed E-state index contributed by atoms with van der Waals surface area (Å²) in [5.74, 6) is 0.0943. The number of hydrogen-bond acceptors (Lipinski definition) is 3. The molecule has 1 aliphatic heterocycles. The zero-order valence-corrected chi connectivity index (χ0v) is 15.1. The van der Waals surface area contributed by atoms with Gasteiger partial charge in [-0.2, -0.15) is 0 Å². The fourth-order valence-corrected chi connectivity index (χ4v) is 3.95. The van der Waals surface area contributed by atoms with E-state index in [4.69, 9.17) is 11.6 Å². The number of benzene rings is 1. The molecule has 1 N–H and O–H groups in total. The van der Waals surface area contributed by atoms with E-state index >= 15 is 0 Å². The minimum atomic E-state index is -0.0406. The van der Waals surface area contributed by atoms with Crippen molar-refractivity contribution in [3.05, 3.63) is 64.9 Å². The van der Waals surface area contributed by atoms with Crippen LogP contribution < -0.4 is 5.32 Å². The number of hydrogen-bond donors (Lipinski definition) is 1. The van der Waals surface area contributed by atoms with Gasteiger partial charge in [0.2, 0.25) is 5.91 Å². The van der Waals surface area contributed by atoms with Gasteiger partial charge in [0, 0.05) is 53.9 Å². The summed E-state index contributed by atoms with van der Waals surface area (Å²) < 4.78 is 0. The van der Waals surface area contributed by atoms with Gasteiger partial charge < -0.3 is 10.2 Å². The van der Waals surface area contributed by atoms with Crippen LogP contribution in [0, 0.1) is 11.3 Å². The summed E-state index contributed by atoms with van der Waals surface area (Å²) in [5.41, 5.74) is 1.59. The Bertz CT molecular complexity index is 825. The van der Waals surface area contributed by atoms with Crippen molar-refractivity contribution in [3.63, 3.8) is 0 Å². The first-order valence-electron chi connectivity index (χ1n) is 8.79. The molecule has 1 saturated carbocycles. The highest BCUT2D eigenvalue weighted by Crippen LogP contribution is 2.58. The third-order valence-electron chi connectivity index (χ3n) is 5.46. The number of likely N-dealkylation sites (tertiary alicyclic amines) is 1. The minimum absolute atomic E-state index is 0.00203. The maximum atomic E-state index is 12.6. The first-order chi connectivity index (χ1) is 12.6. The molecule has 0 radical (unpaired) electrons. The molecule has 0 bridgehead atoms. The molecule has 4 rings (SSSR count). The fraction of sp³-hybridized carbons (Fsp3) is 0.350. The van der Waals surface area contributed by atoms with E-state index in [2.05, 4.69) is 10.3 Å². The molecule has 6 heteroatoms. The van der Waals surface area contributed by atoms with E-state index in [0.29, 0.717) is 30.2 Å². The number of halogens is 1. The van der Waals surface area contributed by atoms with Gasteiger partial charge in [-0.1, -0.05) is 17.7 Å². The predicted octanol–water partition coefficient (Wildman–Crippen LogP) is 2.90. The van der Waals surface area contributed by atoms with Crippen molar-refractivity contribution in [2.45, 2.75) is 19.4 Å². The number of aromatic nitrogens is 1. The highest BCUT2D eigenvalue weighted by Gasteiger charge is 2.61. The maximum Gasteiger partial charge on any atom is 0.253 e. The number of carbonyl (C=O) groups is 2. The Balaban J connectivity index is 1.33. The summed E-state index contributed by atoms with van der Waals surface area (Å²) >= 11 is 5.89. The van der Waals surface area contributed by atoms with Crippen molar-refractivity contribution in [2.24, 2.45) is 11.3 Å². The van der Waals surface area contributed by atoms with E-state index in [1.54, 1.807) is 36.7 Å². The third kappa shape index (κ3) is 3.31. The predicted molar refractivity (Wildman–Crippen MR) is 98.6 cm³/mol. The molecule has 2 aromatic rings. The molecule has 2 atom stereocenters.